The number of hydrogen-bond acceptors (Lipinski definition) is 6. The monoisotopic (exact) mass is 407 g/mol. The van der Waals surface area contributed by atoms with E-state index in [1.807, 2.05) is 41.8 Å². The largest absolute Gasteiger partial charge is 0.360 e. The lowest BCUT2D eigenvalue weighted by atomic mass is 10.1. The number of carbonyl (C=O) groups excluding carboxylic acids is 1. The third kappa shape index (κ3) is 4.17. The molecular weight excluding hydrogens is 386 g/mol. The number of nitrogens with zero attached hydrogens (tertiary/aromatic N) is 4. The second kappa shape index (κ2) is 8.08. The van der Waals surface area contributed by atoms with Crippen LogP contribution in [-0.2, 0) is 4.79 Å². The molecule has 0 aliphatic heterocycles. The fourth-order valence-electron chi connectivity index (χ4n) is 3.16. The Morgan fingerprint density at radius 1 is 1.17 bits per heavy atom. The number of aryl methyl sites for hydroxylation is 3. The van der Waals surface area contributed by atoms with Crippen molar-refractivity contribution < 1.29 is 9.32 Å². The highest BCUT2D eigenvalue weighted by Crippen LogP contribution is 2.31. The smallest absolute Gasteiger partial charge is 0.226 e. The lowest BCUT2D eigenvalue weighted by Crippen LogP contribution is -2.12. The number of rotatable bonds is 6. The second-order valence-electron chi connectivity index (χ2n) is 6.81. The van der Waals surface area contributed by atoms with Crippen molar-refractivity contribution in [2.24, 2.45) is 0 Å². The average molecular weight is 407 g/mol. The Morgan fingerprint density at radius 2 is 1.97 bits per heavy atom. The number of thioether (sulfide) groups is 1. The van der Waals surface area contributed by atoms with Crippen molar-refractivity contribution in [3.05, 3.63) is 59.5 Å². The van der Waals surface area contributed by atoms with Crippen LogP contribution in [0, 0.1) is 20.8 Å². The van der Waals surface area contributed by atoms with Crippen LogP contribution < -0.4 is 5.32 Å². The molecule has 0 radical (unpaired) electrons. The lowest BCUT2D eigenvalue weighted by Gasteiger charge is -2.05. The average Bonchev–Trinajstić information content (AvgIpc) is 3.26. The topological polar surface area (TPSA) is 85.3 Å². The fourth-order valence-corrected chi connectivity index (χ4v) is 4.04. The highest BCUT2D eigenvalue weighted by atomic mass is 32.2. The van der Waals surface area contributed by atoms with E-state index >= 15 is 0 Å². The summed E-state index contributed by atoms with van der Waals surface area (Å²) in [7, 11) is 0. The molecule has 0 aliphatic carbocycles. The van der Waals surface area contributed by atoms with Gasteiger partial charge in [0.1, 0.15) is 5.76 Å². The number of imidazole rings is 1. The molecule has 0 spiro atoms. The first-order valence-electron chi connectivity index (χ1n) is 9.29. The van der Waals surface area contributed by atoms with E-state index in [1.165, 1.54) is 11.8 Å². The molecule has 1 amide bonds. The number of amides is 1. The van der Waals surface area contributed by atoms with E-state index in [0.29, 0.717) is 23.8 Å². The Hall–Kier alpha value is -3.13. The Bertz CT molecular complexity index is 1170. The van der Waals surface area contributed by atoms with Crippen molar-refractivity contribution in [1.82, 2.24) is 19.8 Å². The normalized spacial score (nSPS) is 11.1. The molecule has 3 aromatic heterocycles. The van der Waals surface area contributed by atoms with Gasteiger partial charge in [-0.2, -0.15) is 5.10 Å². The maximum atomic E-state index is 12.2. The van der Waals surface area contributed by atoms with Gasteiger partial charge in [-0.1, -0.05) is 47.3 Å². The minimum atomic E-state index is -0.115. The Kier molecular flexibility index (Phi) is 5.35. The van der Waals surface area contributed by atoms with Gasteiger partial charge in [0.2, 0.25) is 5.91 Å². The molecule has 0 bridgehead atoms. The quantitative estimate of drug-likeness (QED) is 0.476. The van der Waals surface area contributed by atoms with Crippen LogP contribution >= 0.6 is 11.8 Å². The molecule has 0 saturated heterocycles. The first-order valence-corrected chi connectivity index (χ1v) is 10.3. The van der Waals surface area contributed by atoms with Crippen LogP contribution in [0.1, 0.15) is 23.4 Å². The molecule has 0 saturated carbocycles. The van der Waals surface area contributed by atoms with Gasteiger partial charge in [0.15, 0.2) is 11.0 Å². The van der Waals surface area contributed by atoms with Gasteiger partial charge in [0.25, 0.3) is 0 Å². The molecule has 7 nitrogen and oxygen atoms in total. The van der Waals surface area contributed by atoms with Crippen LogP contribution in [0.15, 0.2) is 52.1 Å². The van der Waals surface area contributed by atoms with Crippen molar-refractivity contribution in [3.8, 4) is 11.3 Å². The summed E-state index contributed by atoms with van der Waals surface area (Å²) in [6.45, 7) is 5.82. The molecule has 1 N–H and O–H groups in total. The summed E-state index contributed by atoms with van der Waals surface area (Å²) in [5, 5.41) is 11.9. The minimum absolute atomic E-state index is 0.115. The summed E-state index contributed by atoms with van der Waals surface area (Å²) in [5.74, 6) is 1.55. The highest BCUT2D eigenvalue weighted by Gasteiger charge is 2.17. The Labute approximate surface area is 172 Å². The van der Waals surface area contributed by atoms with Crippen LogP contribution in [0.25, 0.3) is 16.8 Å². The standard InChI is InChI=1S/C21H21N5O2S/c1-13-11-14(2)24-26-20(13)19(16-7-5-4-6-8-16)23-21(26)29-10-9-18(27)22-17-12-15(3)28-25-17/h4-8,11-12H,9-10H2,1-3H3,(H,22,25,27). The molecule has 3 heterocycles. The van der Waals surface area contributed by atoms with Crippen LogP contribution in [0.2, 0.25) is 0 Å². The molecule has 1 aromatic carbocycles. The lowest BCUT2D eigenvalue weighted by molar-refractivity contribution is -0.115. The minimum Gasteiger partial charge on any atom is -0.360 e. The van der Waals surface area contributed by atoms with Gasteiger partial charge in [0.05, 0.1) is 16.9 Å². The zero-order valence-corrected chi connectivity index (χ0v) is 17.3. The maximum Gasteiger partial charge on any atom is 0.226 e. The molecule has 0 unspecified atom stereocenters. The molecule has 4 rings (SSSR count). The zero-order chi connectivity index (χ0) is 20.4. The van der Waals surface area contributed by atoms with Crippen molar-refractivity contribution in [2.75, 3.05) is 11.1 Å². The molecule has 0 aliphatic rings. The third-order valence-electron chi connectivity index (χ3n) is 4.38. The van der Waals surface area contributed by atoms with E-state index in [1.54, 1.807) is 13.0 Å². The Morgan fingerprint density at radius 3 is 2.69 bits per heavy atom. The maximum absolute atomic E-state index is 12.2. The van der Waals surface area contributed by atoms with Crippen molar-refractivity contribution in [3.63, 3.8) is 0 Å². The number of nitrogens with one attached hydrogen (secondary N) is 1. The van der Waals surface area contributed by atoms with Crippen molar-refractivity contribution in [2.45, 2.75) is 32.3 Å². The number of carbonyl (C=O) groups is 1. The molecule has 148 valence electrons. The predicted octanol–water partition coefficient (Wildman–Crippen LogP) is 4.43. The van der Waals surface area contributed by atoms with E-state index in [-0.39, 0.29) is 5.91 Å². The Balaban J connectivity index is 1.55. The summed E-state index contributed by atoms with van der Waals surface area (Å²) in [5.41, 5.74) is 4.99. The van der Waals surface area contributed by atoms with Gasteiger partial charge in [-0.25, -0.2) is 9.50 Å². The third-order valence-corrected chi connectivity index (χ3v) is 5.32. The summed E-state index contributed by atoms with van der Waals surface area (Å²) < 4.78 is 6.85. The van der Waals surface area contributed by atoms with Crippen molar-refractivity contribution in [1.29, 1.82) is 0 Å². The van der Waals surface area contributed by atoms with Gasteiger partial charge in [0, 0.05) is 23.8 Å². The highest BCUT2D eigenvalue weighted by molar-refractivity contribution is 7.99. The first kappa shape index (κ1) is 19.2. The SMILES string of the molecule is Cc1cc(C)c2c(-c3ccccc3)nc(SCCC(=O)Nc3cc(C)on3)n2n1. The number of aromatic nitrogens is 4. The zero-order valence-electron chi connectivity index (χ0n) is 16.5. The van der Waals surface area contributed by atoms with E-state index in [4.69, 9.17) is 9.51 Å². The number of anilines is 1. The van der Waals surface area contributed by atoms with Gasteiger partial charge in [-0.15, -0.1) is 0 Å². The summed E-state index contributed by atoms with van der Waals surface area (Å²) in [6, 6.07) is 13.8. The summed E-state index contributed by atoms with van der Waals surface area (Å²) in [6.07, 6.45) is 0.330. The van der Waals surface area contributed by atoms with Gasteiger partial charge < -0.3 is 9.84 Å². The molecule has 0 atom stereocenters. The summed E-state index contributed by atoms with van der Waals surface area (Å²) in [4.78, 5) is 17.0. The van der Waals surface area contributed by atoms with E-state index < -0.39 is 0 Å². The van der Waals surface area contributed by atoms with Crippen molar-refractivity contribution >= 4 is 29.0 Å². The molecule has 29 heavy (non-hydrogen) atoms. The number of fused-ring (bicyclic) bond motifs is 1. The second-order valence-corrected chi connectivity index (χ2v) is 7.87. The van der Waals surface area contributed by atoms with Gasteiger partial charge >= 0.3 is 0 Å². The van der Waals surface area contributed by atoms with Gasteiger partial charge in [-0.3, -0.25) is 4.79 Å². The van der Waals surface area contributed by atoms with E-state index in [0.717, 1.165) is 33.2 Å². The summed E-state index contributed by atoms with van der Waals surface area (Å²) >= 11 is 1.51. The van der Waals surface area contributed by atoms with E-state index in [9.17, 15) is 4.79 Å². The molecular formula is C21H21N5O2S. The number of hydrogen-bond donors (Lipinski definition) is 1. The van der Waals surface area contributed by atoms with Crippen LogP contribution in [0.4, 0.5) is 5.82 Å². The number of benzene rings is 1. The predicted molar refractivity (Wildman–Crippen MR) is 113 cm³/mol. The van der Waals surface area contributed by atoms with Crippen LogP contribution in [-0.4, -0.2) is 31.4 Å². The van der Waals surface area contributed by atoms with Gasteiger partial charge in [-0.05, 0) is 32.4 Å². The molecule has 8 heteroatoms. The first-order chi connectivity index (χ1) is 14.0. The molecule has 4 aromatic rings. The van der Waals surface area contributed by atoms with Crippen LogP contribution in [0.5, 0.6) is 0 Å². The molecule has 0 fully saturated rings. The van der Waals surface area contributed by atoms with E-state index in [2.05, 4.69) is 28.6 Å². The fraction of sp³-hybridized carbons (Fsp3) is 0.238. The van der Waals surface area contributed by atoms with Crippen LogP contribution in [0.3, 0.4) is 0 Å².